The van der Waals surface area contributed by atoms with Gasteiger partial charge in [0.25, 0.3) is 0 Å². The second-order valence-corrected chi connectivity index (χ2v) is 6.72. The zero-order valence-corrected chi connectivity index (χ0v) is 11.8. The van der Waals surface area contributed by atoms with Gasteiger partial charge in [0.05, 0.1) is 12.1 Å². The van der Waals surface area contributed by atoms with Gasteiger partial charge in [-0.2, -0.15) is 0 Å². The number of guanidine groups is 1. The number of hydrogen-bond acceptors (Lipinski definition) is 3. The summed E-state index contributed by atoms with van der Waals surface area (Å²) in [6, 6.07) is 0.509. The van der Waals surface area contributed by atoms with Crippen molar-refractivity contribution in [1.29, 1.82) is 0 Å². The fourth-order valence-electron chi connectivity index (χ4n) is 3.80. The summed E-state index contributed by atoms with van der Waals surface area (Å²) in [5.74, 6) is 0.775. The summed E-state index contributed by atoms with van der Waals surface area (Å²) in [4.78, 5) is 6.97. The van der Waals surface area contributed by atoms with Crippen molar-refractivity contribution in [2.24, 2.45) is 16.1 Å². The zero-order valence-electron chi connectivity index (χ0n) is 11.8. The van der Waals surface area contributed by atoms with Crippen molar-refractivity contribution >= 4 is 5.96 Å². The van der Waals surface area contributed by atoms with Crippen LogP contribution in [0.2, 0.25) is 0 Å². The van der Waals surface area contributed by atoms with Crippen molar-refractivity contribution < 1.29 is 0 Å². The Kier molecular flexibility index (Phi) is 3.13. The molecule has 98 valence electrons. The van der Waals surface area contributed by atoms with Crippen LogP contribution in [0.25, 0.3) is 0 Å². The summed E-state index contributed by atoms with van der Waals surface area (Å²) in [7, 11) is 0. The summed E-state index contributed by atoms with van der Waals surface area (Å²) >= 11 is 0. The van der Waals surface area contributed by atoms with Gasteiger partial charge < -0.3 is 10.6 Å². The molecule has 0 amide bonds. The SMILES string of the molecule is CCC(C)N1C(N)=NCC12CCCC(C)(C)C2. The highest BCUT2D eigenvalue weighted by Gasteiger charge is 2.48. The molecule has 3 nitrogen and oxygen atoms in total. The monoisotopic (exact) mass is 237 g/mol. The van der Waals surface area contributed by atoms with Gasteiger partial charge in [-0.3, -0.25) is 4.99 Å². The predicted molar refractivity (Wildman–Crippen MR) is 73.1 cm³/mol. The van der Waals surface area contributed by atoms with E-state index < -0.39 is 0 Å². The summed E-state index contributed by atoms with van der Waals surface area (Å²) in [6.07, 6.45) is 6.27. The lowest BCUT2D eigenvalue weighted by atomic mass is 9.67. The van der Waals surface area contributed by atoms with E-state index in [0.29, 0.717) is 11.5 Å². The van der Waals surface area contributed by atoms with Crippen molar-refractivity contribution in [2.75, 3.05) is 6.54 Å². The van der Waals surface area contributed by atoms with Gasteiger partial charge in [0.2, 0.25) is 0 Å². The van der Waals surface area contributed by atoms with E-state index in [1.807, 2.05) is 0 Å². The van der Waals surface area contributed by atoms with E-state index in [1.54, 1.807) is 0 Å². The molecule has 0 aromatic carbocycles. The smallest absolute Gasteiger partial charge is 0.192 e. The molecule has 2 atom stereocenters. The molecular weight excluding hydrogens is 210 g/mol. The fraction of sp³-hybridized carbons (Fsp3) is 0.929. The molecule has 2 unspecified atom stereocenters. The van der Waals surface area contributed by atoms with Crippen molar-refractivity contribution in [2.45, 2.75) is 71.4 Å². The largest absolute Gasteiger partial charge is 0.370 e. The standard InChI is InChI=1S/C14H27N3/c1-5-11(2)17-12(15)16-10-14(17)8-6-7-13(3,4)9-14/h11H,5-10H2,1-4H3,(H2,15,16). The predicted octanol–water partition coefficient (Wildman–Crippen LogP) is 2.75. The first-order chi connectivity index (χ1) is 7.90. The molecular formula is C14H27N3. The van der Waals surface area contributed by atoms with Gasteiger partial charge in [0.15, 0.2) is 5.96 Å². The Labute approximate surface area is 105 Å². The van der Waals surface area contributed by atoms with E-state index in [0.717, 1.165) is 18.9 Å². The lowest BCUT2D eigenvalue weighted by Gasteiger charge is -2.50. The van der Waals surface area contributed by atoms with Gasteiger partial charge in [-0.05, 0) is 38.0 Å². The maximum absolute atomic E-state index is 6.13. The minimum absolute atomic E-state index is 0.223. The molecule has 0 aromatic heterocycles. The van der Waals surface area contributed by atoms with Gasteiger partial charge in [-0.15, -0.1) is 0 Å². The molecule has 1 heterocycles. The van der Waals surface area contributed by atoms with Gasteiger partial charge in [0, 0.05) is 6.04 Å². The third-order valence-electron chi connectivity index (χ3n) is 4.63. The maximum atomic E-state index is 6.13. The Bertz CT molecular complexity index is 321. The van der Waals surface area contributed by atoms with Crippen LogP contribution >= 0.6 is 0 Å². The zero-order chi connectivity index (χ0) is 12.7. The highest BCUT2D eigenvalue weighted by atomic mass is 15.4. The van der Waals surface area contributed by atoms with Gasteiger partial charge in [-0.1, -0.05) is 27.2 Å². The van der Waals surface area contributed by atoms with Crippen molar-refractivity contribution in [3.05, 3.63) is 0 Å². The Morgan fingerprint density at radius 3 is 2.71 bits per heavy atom. The second kappa shape index (κ2) is 4.18. The van der Waals surface area contributed by atoms with Crippen LogP contribution in [0.5, 0.6) is 0 Å². The first-order valence-corrected chi connectivity index (χ1v) is 6.99. The van der Waals surface area contributed by atoms with Crippen molar-refractivity contribution in [1.82, 2.24) is 4.90 Å². The first-order valence-electron chi connectivity index (χ1n) is 6.99. The Morgan fingerprint density at radius 2 is 2.12 bits per heavy atom. The molecule has 1 aliphatic carbocycles. The van der Waals surface area contributed by atoms with Crippen LogP contribution in [0.1, 0.15) is 59.8 Å². The van der Waals surface area contributed by atoms with Gasteiger partial charge in [0.1, 0.15) is 0 Å². The number of rotatable bonds is 2. The molecule has 0 saturated heterocycles. The van der Waals surface area contributed by atoms with Crippen molar-refractivity contribution in [3.8, 4) is 0 Å². The Morgan fingerprint density at radius 1 is 1.41 bits per heavy atom. The summed E-state index contributed by atoms with van der Waals surface area (Å²) in [6.45, 7) is 10.2. The third kappa shape index (κ3) is 2.16. The van der Waals surface area contributed by atoms with Crippen LogP contribution in [-0.4, -0.2) is 29.0 Å². The number of nitrogens with zero attached hydrogens (tertiary/aromatic N) is 2. The number of hydrogen-bond donors (Lipinski definition) is 1. The van der Waals surface area contributed by atoms with E-state index >= 15 is 0 Å². The molecule has 1 fully saturated rings. The second-order valence-electron chi connectivity index (χ2n) is 6.72. The third-order valence-corrected chi connectivity index (χ3v) is 4.63. The quantitative estimate of drug-likeness (QED) is 0.802. The Balaban J connectivity index is 2.25. The summed E-state index contributed by atoms with van der Waals surface area (Å²) in [5, 5.41) is 0. The molecule has 0 bridgehead atoms. The van der Waals surface area contributed by atoms with E-state index in [2.05, 4.69) is 37.6 Å². The minimum atomic E-state index is 0.223. The minimum Gasteiger partial charge on any atom is -0.370 e. The highest BCUT2D eigenvalue weighted by Crippen LogP contribution is 2.46. The molecule has 1 saturated carbocycles. The molecule has 3 heteroatoms. The molecule has 17 heavy (non-hydrogen) atoms. The average molecular weight is 237 g/mol. The van der Waals surface area contributed by atoms with Crippen molar-refractivity contribution in [3.63, 3.8) is 0 Å². The topological polar surface area (TPSA) is 41.6 Å². The van der Waals surface area contributed by atoms with E-state index in [9.17, 15) is 0 Å². The van der Waals surface area contributed by atoms with Crippen LogP contribution in [0.4, 0.5) is 0 Å². The van der Waals surface area contributed by atoms with E-state index in [-0.39, 0.29) is 5.54 Å². The molecule has 2 rings (SSSR count). The number of aliphatic imine (C=N–C) groups is 1. The summed E-state index contributed by atoms with van der Waals surface area (Å²) in [5.41, 5.74) is 6.78. The molecule has 0 aromatic rings. The van der Waals surface area contributed by atoms with Crippen LogP contribution in [0.15, 0.2) is 4.99 Å². The average Bonchev–Trinajstić information content (AvgIpc) is 2.53. The van der Waals surface area contributed by atoms with Crippen LogP contribution in [-0.2, 0) is 0 Å². The maximum Gasteiger partial charge on any atom is 0.192 e. The normalized spacial score (nSPS) is 33.9. The van der Waals surface area contributed by atoms with Gasteiger partial charge >= 0.3 is 0 Å². The van der Waals surface area contributed by atoms with Gasteiger partial charge in [-0.25, -0.2) is 0 Å². The molecule has 2 N–H and O–H groups in total. The van der Waals surface area contributed by atoms with E-state index in [1.165, 1.54) is 25.7 Å². The summed E-state index contributed by atoms with van der Waals surface area (Å²) < 4.78 is 0. The molecule has 1 aliphatic heterocycles. The van der Waals surface area contributed by atoms with Crippen LogP contribution < -0.4 is 5.73 Å². The molecule has 0 radical (unpaired) electrons. The Hall–Kier alpha value is -0.730. The molecule has 2 aliphatic rings. The highest BCUT2D eigenvalue weighted by molar-refractivity contribution is 5.81. The number of nitrogens with two attached hydrogens (primary N) is 1. The van der Waals surface area contributed by atoms with Crippen LogP contribution in [0.3, 0.4) is 0 Å². The molecule has 1 spiro atoms. The van der Waals surface area contributed by atoms with E-state index in [4.69, 9.17) is 5.73 Å². The lowest BCUT2D eigenvalue weighted by molar-refractivity contribution is 0.0471. The fourth-order valence-corrected chi connectivity index (χ4v) is 3.80. The van der Waals surface area contributed by atoms with Crippen LogP contribution in [0, 0.1) is 5.41 Å². The first kappa shape index (κ1) is 12.7. The lowest BCUT2D eigenvalue weighted by Crippen LogP contribution is -2.58.